The van der Waals surface area contributed by atoms with Crippen LogP contribution in [0.4, 0.5) is 11.5 Å². The molecule has 0 fully saturated rings. The largest absolute Gasteiger partial charge is 0.462 e. The highest BCUT2D eigenvalue weighted by Crippen LogP contribution is 2.40. The van der Waals surface area contributed by atoms with Gasteiger partial charge in [0.15, 0.2) is 0 Å². The lowest BCUT2D eigenvalue weighted by Crippen LogP contribution is -2.43. The first-order valence-corrected chi connectivity index (χ1v) is 10.3. The second-order valence-electron chi connectivity index (χ2n) is 8.54. The Morgan fingerprint density at radius 2 is 1.74 bits per heavy atom. The Morgan fingerprint density at radius 1 is 1.13 bits per heavy atom. The molecule has 2 heterocycles. The maximum atomic E-state index is 13.2. The fourth-order valence-corrected chi connectivity index (χ4v) is 3.78. The molecule has 3 rings (SSSR count). The number of hydrogen-bond acceptors (Lipinski definition) is 6. The van der Waals surface area contributed by atoms with E-state index in [1.807, 2.05) is 57.1 Å². The molecule has 0 amide bonds. The van der Waals surface area contributed by atoms with E-state index in [1.165, 1.54) is 11.6 Å². The third-order valence-corrected chi connectivity index (χ3v) is 5.50. The summed E-state index contributed by atoms with van der Waals surface area (Å²) >= 11 is 0. The zero-order valence-electron chi connectivity index (χ0n) is 19.1. The maximum Gasteiger partial charge on any atom is 0.336 e. The van der Waals surface area contributed by atoms with Crippen LogP contribution in [-0.4, -0.2) is 35.8 Å². The van der Waals surface area contributed by atoms with Gasteiger partial charge in [0.25, 0.3) is 5.56 Å². The Balaban J connectivity index is 2.26. The second kappa shape index (κ2) is 8.45. The zero-order valence-corrected chi connectivity index (χ0v) is 19.1. The topological polar surface area (TPSA) is 85.6 Å². The fraction of sp³-hybridized carbons (Fsp3) is 0.435. The summed E-state index contributed by atoms with van der Waals surface area (Å²) in [6.07, 6.45) is 0. The number of nitrogens with one attached hydrogen (secondary N) is 1. The molecule has 0 bridgehead atoms. The van der Waals surface area contributed by atoms with Gasteiger partial charge < -0.3 is 15.0 Å². The number of ether oxygens (including phenoxy) is 1. The van der Waals surface area contributed by atoms with Crippen molar-refractivity contribution in [1.82, 2.24) is 9.13 Å². The molecule has 0 unspecified atom stereocenters. The maximum absolute atomic E-state index is 13.2. The molecule has 0 saturated heterocycles. The van der Waals surface area contributed by atoms with Crippen molar-refractivity contribution in [3.05, 3.63) is 67.5 Å². The highest BCUT2D eigenvalue weighted by atomic mass is 16.5. The van der Waals surface area contributed by atoms with E-state index in [2.05, 4.69) is 5.32 Å². The van der Waals surface area contributed by atoms with Crippen molar-refractivity contribution < 1.29 is 9.53 Å². The summed E-state index contributed by atoms with van der Waals surface area (Å²) in [6.45, 7) is 5.97. The van der Waals surface area contributed by atoms with E-state index in [1.54, 1.807) is 14.0 Å². The Bertz CT molecular complexity index is 1150. The summed E-state index contributed by atoms with van der Waals surface area (Å²) in [4.78, 5) is 40.8. The molecule has 8 nitrogen and oxygen atoms in total. The van der Waals surface area contributed by atoms with Crippen LogP contribution in [0, 0.1) is 5.92 Å². The quantitative estimate of drug-likeness (QED) is 0.738. The van der Waals surface area contributed by atoms with Crippen LogP contribution >= 0.6 is 0 Å². The summed E-state index contributed by atoms with van der Waals surface area (Å²) in [7, 11) is 6.94. The van der Waals surface area contributed by atoms with E-state index in [9.17, 15) is 14.4 Å². The third-order valence-electron chi connectivity index (χ3n) is 5.50. The number of carbonyl (C=O) groups is 1. The predicted molar refractivity (Wildman–Crippen MR) is 122 cm³/mol. The predicted octanol–water partition coefficient (Wildman–Crippen LogP) is 2.18. The Kier molecular flexibility index (Phi) is 6.10. The summed E-state index contributed by atoms with van der Waals surface area (Å²) in [5.41, 5.74) is 2.19. The molecule has 1 aromatic carbocycles. The first-order chi connectivity index (χ1) is 14.5. The average molecular weight is 427 g/mol. The number of fused-ring (bicyclic) bond motifs is 1. The number of benzene rings is 1. The number of rotatable bonds is 5. The van der Waals surface area contributed by atoms with Gasteiger partial charge in [-0.3, -0.25) is 13.9 Å². The van der Waals surface area contributed by atoms with Crippen LogP contribution in [0.15, 0.2) is 45.1 Å². The Labute approximate surface area is 181 Å². The van der Waals surface area contributed by atoms with Crippen LogP contribution in [0.2, 0.25) is 0 Å². The van der Waals surface area contributed by atoms with Gasteiger partial charge in [0, 0.05) is 39.6 Å². The number of nitrogens with zero attached hydrogens (tertiary/aromatic N) is 3. The lowest BCUT2D eigenvalue weighted by molar-refractivity contribution is -0.140. The molecular weight excluding hydrogens is 396 g/mol. The van der Waals surface area contributed by atoms with Crippen molar-refractivity contribution in [2.75, 3.05) is 30.9 Å². The minimum absolute atomic E-state index is 0.181. The molecule has 1 N–H and O–H groups in total. The fourth-order valence-electron chi connectivity index (χ4n) is 3.78. The Morgan fingerprint density at radius 3 is 2.29 bits per heavy atom. The molecule has 0 radical (unpaired) electrons. The molecule has 8 heteroatoms. The number of allylic oxidation sites excluding steroid dienone is 1. The molecule has 1 aliphatic rings. The summed E-state index contributed by atoms with van der Waals surface area (Å²) < 4.78 is 8.01. The van der Waals surface area contributed by atoms with E-state index >= 15 is 0 Å². The smallest absolute Gasteiger partial charge is 0.336 e. The van der Waals surface area contributed by atoms with Crippen LogP contribution in [-0.2, 0) is 23.6 Å². The minimum atomic E-state index is -0.655. The van der Waals surface area contributed by atoms with Crippen molar-refractivity contribution >= 4 is 17.5 Å². The molecule has 1 aromatic heterocycles. The van der Waals surface area contributed by atoms with Crippen LogP contribution < -0.4 is 21.5 Å². The summed E-state index contributed by atoms with van der Waals surface area (Å²) in [5.74, 6) is -0.549. The van der Waals surface area contributed by atoms with Crippen molar-refractivity contribution in [2.45, 2.75) is 26.7 Å². The lowest BCUT2D eigenvalue weighted by atomic mass is 9.82. The van der Waals surface area contributed by atoms with Crippen molar-refractivity contribution in [1.29, 1.82) is 0 Å². The normalized spacial score (nSPS) is 15.5. The number of anilines is 2. The molecule has 31 heavy (non-hydrogen) atoms. The summed E-state index contributed by atoms with van der Waals surface area (Å²) in [5, 5.41) is 3.11. The monoisotopic (exact) mass is 426 g/mol. The van der Waals surface area contributed by atoms with E-state index in [4.69, 9.17) is 4.74 Å². The van der Waals surface area contributed by atoms with E-state index < -0.39 is 23.1 Å². The van der Waals surface area contributed by atoms with E-state index in [0.717, 1.165) is 15.8 Å². The second-order valence-corrected chi connectivity index (χ2v) is 8.54. The minimum Gasteiger partial charge on any atom is -0.462 e. The number of aromatic nitrogens is 2. The molecule has 1 aliphatic heterocycles. The molecule has 1 atom stereocenters. The highest BCUT2D eigenvalue weighted by molar-refractivity contribution is 5.94. The number of hydrogen-bond donors (Lipinski definition) is 1. The van der Waals surface area contributed by atoms with Crippen molar-refractivity contribution in [3.8, 4) is 0 Å². The number of carbonyl (C=O) groups excluding carboxylic acids is 1. The van der Waals surface area contributed by atoms with E-state index in [0.29, 0.717) is 22.7 Å². The van der Waals surface area contributed by atoms with E-state index in [-0.39, 0.29) is 12.5 Å². The van der Waals surface area contributed by atoms with Gasteiger partial charge in [0.05, 0.1) is 23.7 Å². The van der Waals surface area contributed by atoms with Crippen molar-refractivity contribution in [2.24, 2.45) is 20.0 Å². The highest BCUT2D eigenvalue weighted by Gasteiger charge is 2.37. The SMILES string of the molecule is CC1=C(C(=O)OCC(C)C)[C@H](c2ccc(N(C)C)cc2)c2c(n(C)c(=O)n(C)c2=O)N1. The summed E-state index contributed by atoms with van der Waals surface area (Å²) in [6, 6.07) is 7.69. The van der Waals surface area contributed by atoms with Crippen LogP contribution in [0.5, 0.6) is 0 Å². The lowest BCUT2D eigenvalue weighted by Gasteiger charge is -2.31. The first-order valence-electron chi connectivity index (χ1n) is 10.3. The standard InChI is InChI=1S/C23H30N4O4/c1-13(2)12-31-22(29)17-14(3)24-20-19(21(28)27(7)23(30)26(20)6)18(17)15-8-10-16(11-9-15)25(4)5/h8-11,13,18,24H,12H2,1-7H3/t18-/m0/s1. The average Bonchev–Trinajstić information content (AvgIpc) is 2.73. The van der Waals surface area contributed by atoms with Gasteiger partial charge in [0.2, 0.25) is 0 Å². The first kappa shape index (κ1) is 22.4. The molecular formula is C23H30N4O4. The molecule has 0 saturated carbocycles. The van der Waals surface area contributed by atoms with Gasteiger partial charge in [-0.15, -0.1) is 0 Å². The van der Waals surface area contributed by atoms with Crippen LogP contribution in [0.25, 0.3) is 0 Å². The molecule has 2 aromatic rings. The Hall–Kier alpha value is -3.29. The number of esters is 1. The van der Waals surface area contributed by atoms with Gasteiger partial charge in [0.1, 0.15) is 5.82 Å². The van der Waals surface area contributed by atoms with Crippen molar-refractivity contribution in [3.63, 3.8) is 0 Å². The zero-order chi connectivity index (χ0) is 23.0. The van der Waals surface area contributed by atoms with Gasteiger partial charge in [-0.2, -0.15) is 0 Å². The molecule has 166 valence electrons. The van der Waals surface area contributed by atoms with Gasteiger partial charge in [-0.05, 0) is 30.5 Å². The van der Waals surface area contributed by atoms with Crippen LogP contribution in [0.3, 0.4) is 0 Å². The van der Waals surface area contributed by atoms with Crippen LogP contribution in [0.1, 0.15) is 37.8 Å². The van der Waals surface area contributed by atoms with Gasteiger partial charge >= 0.3 is 11.7 Å². The van der Waals surface area contributed by atoms with Gasteiger partial charge in [-0.1, -0.05) is 26.0 Å². The molecule has 0 aliphatic carbocycles. The molecule has 0 spiro atoms. The van der Waals surface area contributed by atoms with Gasteiger partial charge in [-0.25, -0.2) is 9.59 Å². The third kappa shape index (κ3) is 4.02.